The van der Waals surface area contributed by atoms with E-state index in [2.05, 4.69) is 42.0 Å². The summed E-state index contributed by atoms with van der Waals surface area (Å²) < 4.78 is 1.59. The molecule has 136 valence electrons. The maximum absolute atomic E-state index is 12.5. The number of benzene rings is 2. The number of fused-ring (bicyclic) bond motifs is 2. The summed E-state index contributed by atoms with van der Waals surface area (Å²) in [4.78, 5) is 21.8. The van der Waals surface area contributed by atoms with Gasteiger partial charge in [0.05, 0.1) is 16.4 Å². The molecule has 2 aromatic heterocycles. The Morgan fingerprint density at radius 3 is 2.70 bits per heavy atom. The molecular formula is C21H18ClN3OS. The van der Waals surface area contributed by atoms with E-state index in [0.717, 1.165) is 22.0 Å². The molecule has 0 aliphatic rings. The first kappa shape index (κ1) is 18.0. The van der Waals surface area contributed by atoms with Crippen LogP contribution in [0.15, 0.2) is 52.4 Å². The van der Waals surface area contributed by atoms with E-state index in [1.807, 2.05) is 18.2 Å². The third kappa shape index (κ3) is 3.22. The van der Waals surface area contributed by atoms with Crippen molar-refractivity contribution in [2.75, 3.05) is 0 Å². The van der Waals surface area contributed by atoms with Gasteiger partial charge in [0.25, 0.3) is 5.56 Å². The second-order valence-electron chi connectivity index (χ2n) is 6.58. The number of thioether (sulfide) groups is 1. The average Bonchev–Trinajstić information content (AvgIpc) is 2.67. The van der Waals surface area contributed by atoms with Gasteiger partial charge in [0, 0.05) is 23.8 Å². The van der Waals surface area contributed by atoms with Crippen LogP contribution in [-0.2, 0) is 12.8 Å². The number of nitrogens with zero attached hydrogens (tertiary/aromatic N) is 3. The molecule has 0 spiro atoms. The Bertz CT molecular complexity index is 1250. The second-order valence-corrected chi connectivity index (χ2v) is 7.88. The van der Waals surface area contributed by atoms with Crippen LogP contribution < -0.4 is 5.56 Å². The van der Waals surface area contributed by atoms with Crippen molar-refractivity contribution in [1.29, 1.82) is 0 Å². The summed E-state index contributed by atoms with van der Waals surface area (Å²) in [6.07, 6.45) is 0. The molecule has 0 unspecified atom stereocenters. The van der Waals surface area contributed by atoms with E-state index in [1.165, 1.54) is 17.3 Å². The van der Waals surface area contributed by atoms with Crippen molar-refractivity contribution >= 4 is 45.2 Å². The Balaban J connectivity index is 1.71. The maximum Gasteiger partial charge on any atom is 0.261 e. The van der Waals surface area contributed by atoms with Crippen molar-refractivity contribution in [2.24, 2.45) is 7.05 Å². The normalized spacial score (nSPS) is 11.4. The molecule has 0 aliphatic carbocycles. The standard InChI is InChI=1S/C21H18ClN3OS/c1-12-8-9-14-10-15(19(22)24-18(14)13(12)2)11-27-21-23-17-7-5-4-6-16(17)20(26)25(21)3/h4-10H,11H2,1-3H3. The van der Waals surface area contributed by atoms with Crippen molar-refractivity contribution in [3.05, 3.63) is 74.7 Å². The molecule has 4 aromatic rings. The minimum Gasteiger partial charge on any atom is -0.290 e. The van der Waals surface area contributed by atoms with Crippen LogP contribution in [0.4, 0.5) is 0 Å². The molecule has 27 heavy (non-hydrogen) atoms. The van der Waals surface area contributed by atoms with Crippen LogP contribution in [0.3, 0.4) is 0 Å². The summed E-state index contributed by atoms with van der Waals surface area (Å²) in [5.74, 6) is 0.591. The lowest BCUT2D eigenvalue weighted by molar-refractivity contribution is 0.726. The van der Waals surface area contributed by atoms with Gasteiger partial charge < -0.3 is 0 Å². The molecule has 2 aromatic carbocycles. The average molecular weight is 396 g/mol. The van der Waals surface area contributed by atoms with E-state index < -0.39 is 0 Å². The highest BCUT2D eigenvalue weighted by Crippen LogP contribution is 2.29. The molecule has 4 rings (SSSR count). The van der Waals surface area contributed by atoms with Crippen LogP contribution in [0, 0.1) is 13.8 Å². The van der Waals surface area contributed by atoms with Gasteiger partial charge in [-0.3, -0.25) is 9.36 Å². The number of hydrogen-bond donors (Lipinski definition) is 0. The van der Waals surface area contributed by atoms with Crippen LogP contribution >= 0.6 is 23.4 Å². The van der Waals surface area contributed by atoms with Gasteiger partial charge in [-0.05, 0) is 43.2 Å². The van der Waals surface area contributed by atoms with Gasteiger partial charge in [-0.25, -0.2) is 9.97 Å². The van der Waals surface area contributed by atoms with Gasteiger partial charge in [-0.2, -0.15) is 0 Å². The van der Waals surface area contributed by atoms with Gasteiger partial charge in [0.1, 0.15) is 5.15 Å². The molecular weight excluding hydrogens is 378 g/mol. The summed E-state index contributed by atoms with van der Waals surface area (Å²) in [5, 5.41) is 2.85. The Hall–Kier alpha value is -2.37. The number of halogens is 1. The molecule has 0 aliphatic heterocycles. The van der Waals surface area contributed by atoms with E-state index in [9.17, 15) is 4.79 Å². The van der Waals surface area contributed by atoms with Gasteiger partial charge in [0.15, 0.2) is 5.16 Å². The van der Waals surface area contributed by atoms with E-state index in [0.29, 0.717) is 27.0 Å². The van der Waals surface area contributed by atoms with E-state index in [1.54, 1.807) is 17.7 Å². The molecule has 0 saturated carbocycles. The molecule has 0 N–H and O–H groups in total. The summed E-state index contributed by atoms with van der Waals surface area (Å²) in [6.45, 7) is 4.13. The minimum absolute atomic E-state index is 0.0445. The highest BCUT2D eigenvalue weighted by atomic mass is 35.5. The van der Waals surface area contributed by atoms with E-state index in [4.69, 9.17) is 11.6 Å². The fourth-order valence-electron chi connectivity index (χ4n) is 3.07. The zero-order valence-electron chi connectivity index (χ0n) is 15.3. The van der Waals surface area contributed by atoms with Crippen molar-refractivity contribution in [1.82, 2.24) is 14.5 Å². The third-order valence-electron chi connectivity index (χ3n) is 4.84. The Morgan fingerprint density at radius 2 is 1.89 bits per heavy atom. The summed E-state index contributed by atoms with van der Waals surface area (Å²) in [5.41, 5.74) is 4.87. The fraction of sp³-hybridized carbons (Fsp3) is 0.190. The SMILES string of the molecule is Cc1ccc2cc(CSc3nc4ccccc4c(=O)n3C)c(Cl)nc2c1C. The summed E-state index contributed by atoms with van der Waals surface area (Å²) >= 11 is 7.93. The first-order valence-corrected chi connectivity index (χ1v) is 9.96. The third-order valence-corrected chi connectivity index (χ3v) is 6.24. The predicted octanol–water partition coefficient (Wildman–Crippen LogP) is 5.04. The number of aryl methyl sites for hydroxylation is 2. The minimum atomic E-state index is -0.0445. The van der Waals surface area contributed by atoms with Crippen molar-refractivity contribution in [2.45, 2.75) is 24.8 Å². The van der Waals surface area contributed by atoms with Crippen molar-refractivity contribution in [3.63, 3.8) is 0 Å². The molecule has 0 fully saturated rings. The highest BCUT2D eigenvalue weighted by Gasteiger charge is 2.12. The monoisotopic (exact) mass is 395 g/mol. The summed E-state index contributed by atoms with van der Waals surface area (Å²) in [6, 6.07) is 13.6. The molecule has 0 radical (unpaired) electrons. The van der Waals surface area contributed by atoms with Crippen LogP contribution in [0.25, 0.3) is 21.8 Å². The van der Waals surface area contributed by atoms with E-state index >= 15 is 0 Å². The smallest absolute Gasteiger partial charge is 0.261 e. The molecule has 0 bridgehead atoms. The fourth-order valence-corrected chi connectivity index (χ4v) is 4.30. The Kier molecular flexibility index (Phi) is 4.66. The summed E-state index contributed by atoms with van der Waals surface area (Å²) in [7, 11) is 1.75. The molecule has 2 heterocycles. The lowest BCUT2D eigenvalue weighted by Gasteiger charge is -2.11. The highest BCUT2D eigenvalue weighted by molar-refractivity contribution is 7.98. The van der Waals surface area contributed by atoms with Crippen molar-refractivity contribution < 1.29 is 0 Å². The van der Waals surface area contributed by atoms with Gasteiger partial charge in [-0.15, -0.1) is 0 Å². The zero-order valence-corrected chi connectivity index (χ0v) is 16.9. The lowest BCUT2D eigenvalue weighted by atomic mass is 10.0. The molecule has 0 amide bonds. The van der Waals surface area contributed by atoms with E-state index in [-0.39, 0.29) is 5.56 Å². The van der Waals surface area contributed by atoms with Crippen LogP contribution in [0.5, 0.6) is 0 Å². The topological polar surface area (TPSA) is 47.8 Å². The predicted molar refractivity (Wildman–Crippen MR) is 113 cm³/mol. The first-order valence-electron chi connectivity index (χ1n) is 8.59. The number of para-hydroxylation sites is 1. The largest absolute Gasteiger partial charge is 0.290 e. The molecule has 0 saturated heterocycles. The number of hydrogen-bond acceptors (Lipinski definition) is 4. The zero-order chi connectivity index (χ0) is 19.1. The van der Waals surface area contributed by atoms with Gasteiger partial charge in [-0.1, -0.05) is 47.6 Å². The lowest BCUT2D eigenvalue weighted by Crippen LogP contribution is -2.19. The van der Waals surface area contributed by atoms with Gasteiger partial charge in [0.2, 0.25) is 0 Å². The number of pyridine rings is 1. The number of rotatable bonds is 3. The Labute approximate surface area is 166 Å². The van der Waals surface area contributed by atoms with Crippen molar-refractivity contribution in [3.8, 4) is 0 Å². The molecule has 0 atom stereocenters. The van der Waals surface area contributed by atoms with Crippen LogP contribution in [-0.4, -0.2) is 14.5 Å². The molecule has 4 nitrogen and oxygen atoms in total. The first-order chi connectivity index (χ1) is 13.0. The second kappa shape index (κ2) is 6.98. The Morgan fingerprint density at radius 1 is 1.11 bits per heavy atom. The quantitative estimate of drug-likeness (QED) is 0.277. The molecule has 6 heteroatoms. The maximum atomic E-state index is 12.5. The van der Waals surface area contributed by atoms with Gasteiger partial charge >= 0.3 is 0 Å². The van der Waals surface area contributed by atoms with Crippen LogP contribution in [0.2, 0.25) is 5.15 Å². The van der Waals surface area contributed by atoms with Crippen LogP contribution in [0.1, 0.15) is 16.7 Å². The number of aromatic nitrogens is 3.